The lowest BCUT2D eigenvalue weighted by atomic mass is 10.1. The molecule has 1 aliphatic rings. The Morgan fingerprint density at radius 3 is 3.00 bits per heavy atom. The van der Waals surface area contributed by atoms with E-state index < -0.39 is 0 Å². The van der Waals surface area contributed by atoms with Crippen LogP contribution in [0.3, 0.4) is 0 Å². The number of tetrazole rings is 1. The Hall–Kier alpha value is -1.31. The summed E-state index contributed by atoms with van der Waals surface area (Å²) in [5, 5.41) is 11.9. The van der Waals surface area contributed by atoms with Crippen molar-refractivity contribution in [1.29, 1.82) is 0 Å². The third-order valence-electron chi connectivity index (χ3n) is 3.17. The Labute approximate surface area is 125 Å². The number of ether oxygens (including phenoxy) is 2. The molecule has 1 aromatic carbocycles. The van der Waals surface area contributed by atoms with Crippen molar-refractivity contribution in [3.63, 3.8) is 0 Å². The molecule has 7 heteroatoms. The van der Waals surface area contributed by atoms with Gasteiger partial charge >= 0.3 is 0 Å². The van der Waals surface area contributed by atoms with E-state index in [1.165, 1.54) is 0 Å². The summed E-state index contributed by atoms with van der Waals surface area (Å²) in [6, 6.07) is 8.07. The summed E-state index contributed by atoms with van der Waals surface area (Å²) in [7, 11) is 0. The highest BCUT2D eigenvalue weighted by Gasteiger charge is 2.18. The second-order valence-corrected chi connectivity index (χ2v) is 5.47. The first-order valence-corrected chi connectivity index (χ1v) is 7.30. The van der Waals surface area contributed by atoms with Gasteiger partial charge in [-0.25, -0.2) is 4.68 Å². The van der Waals surface area contributed by atoms with Crippen LogP contribution in [0.15, 0.2) is 28.7 Å². The summed E-state index contributed by atoms with van der Waals surface area (Å²) in [4.78, 5) is 0. The topological polar surface area (TPSA) is 62.1 Å². The second kappa shape index (κ2) is 6.43. The van der Waals surface area contributed by atoms with Crippen molar-refractivity contribution in [2.24, 2.45) is 0 Å². The molecule has 1 fully saturated rings. The van der Waals surface area contributed by atoms with Crippen molar-refractivity contribution in [2.45, 2.75) is 19.1 Å². The molecule has 1 atom stereocenters. The maximum atomic E-state index is 5.63. The van der Waals surface area contributed by atoms with Crippen LogP contribution in [0.2, 0.25) is 0 Å². The zero-order chi connectivity index (χ0) is 13.8. The Balaban J connectivity index is 1.71. The molecule has 3 rings (SSSR count). The summed E-state index contributed by atoms with van der Waals surface area (Å²) in [6.07, 6.45) is 0.701. The molecule has 2 heterocycles. The maximum absolute atomic E-state index is 5.63. The molecular formula is C13H15BrN4O2. The van der Waals surface area contributed by atoms with Gasteiger partial charge in [-0.05, 0) is 22.1 Å². The minimum absolute atomic E-state index is 0.0187. The quantitative estimate of drug-likeness (QED) is 0.844. The van der Waals surface area contributed by atoms with E-state index in [0.29, 0.717) is 32.8 Å². The Morgan fingerprint density at radius 1 is 1.30 bits per heavy atom. The summed E-state index contributed by atoms with van der Waals surface area (Å²) in [5.41, 5.74) is 1.16. The molecule has 6 nitrogen and oxygen atoms in total. The SMILES string of the molecule is Brc1ccccc1Cc1nnnn1CC1COCCO1. The number of rotatable bonds is 4. The van der Waals surface area contributed by atoms with Crippen LogP contribution < -0.4 is 0 Å². The molecule has 2 aromatic rings. The van der Waals surface area contributed by atoms with Gasteiger partial charge in [-0.2, -0.15) is 0 Å². The van der Waals surface area contributed by atoms with Gasteiger partial charge in [-0.1, -0.05) is 34.1 Å². The second-order valence-electron chi connectivity index (χ2n) is 4.61. The summed E-state index contributed by atoms with van der Waals surface area (Å²) < 4.78 is 13.9. The van der Waals surface area contributed by atoms with E-state index in [0.717, 1.165) is 15.9 Å². The summed E-state index contributed by atoms with van der Waals surface area (Å²) >= 11 is 3.54. The molecule has 0 saturated carbocycles. The van der Waals surface area contributed by atoms with E-state index in [9.17, 15) is 0 Å². The molecule has 20 heavy (non-hydrogen) atoms. The van der Waals surface area contributed by atoms with Crippen molar-refractivity contribution in [3.05, 3.63) is 40.1 Å². The highest BCUT2D eigenvalue weighted by Crippen LogP contribution is 2.18. The smallest absolute Gasteiger partial charge is 0.155 e. The van der Waals surface area contributed by atoms with Crippen molar-refractivity contribution < 1.29 is 9.47 Å². The minimum atomic E-state index is 0.0187. The minimum Gasteiger partial charge on any atom is -0.376 e. The normalized spacial score (nSPS) is 19.1. The van der Waals surface area contributed by atoms with Crippen molar-refractivity contribution in [2.75, 3.05) is 19.8 Å². The van der Waals surface area contributed by atoms with Gasteiger partial charge in [0.25, 0.3) is 0 Å². The van der Waals surface area contributed by atoms with Gasteiger partial charge in [-0.15, -0.1) is 5.10 Å². The highest BCUT2D eigenvalue weighted by atomic mass is 79.9. The molecule has 0 amide bonds. The average Bonchev–Trinajstić information content (AvgIpc) is 2.90. The van der Waals surface area contributed by atoms with Crippen molar-refractivity contribution in [3.8, 4) is 0 Å². The van der Waals surface area contributed by atoms with Crippen LogP contribution >= 0.6 is 15.9 Å². The fourth-order valence-electron chi connectivity index (χ4n) is 2.14. The molecule has 1 aliphatic heterocycles. The lowest BCUT2D eigenvalue weighted by Crippen LogP contribution is -2.33. The number of benzene rings is 1. The predicted molar refractivity (Wildman–Crippen MR) is 75.3 cm³/mol. The molecule has 106 valence electrons. The summed E-state index contributed by atoms with van der Waals surface area (Å²) in [6.45, 7) is 2.50. The van der Waals surface area contributed by atoms with E-state index in [1.54, 1.807) is 4.68 Å². The number of aromatic nitrogens is 4. The standard InChI is InChI=1S/C13H15BrN4O2/c14-12-4-2-1-3-10(12)7-13-15-16-17-18(13)8-11-9-19-5-6-20-11/h1-4,11H,5-9H2. The van der Waals surface area contributed by atoms with E-state index in [1.807, 2.05) is 18.2 Å². The lowest BCUT2D eigenvalue weighted by molar-refractivity contribution is -0.0949. The number of halogens is 1. The Bertz CT molecular complexity index is 569. The number of hydrogen-bond acceptors (Lipinski definition) is 5. The third kappa shape index (κ3) is 3.23. The molecular weight excluding hydrogens is 324 g/mol. The van der Waals surface area contributed by atoms with Crippen LogP contribution in [0.1, 0.15) is 11.4 Å². The van der Waals surface area contributed by atoms with Crippen LogP contribution in [-0.4, -0.2) is 46.1 Å². The zero-order valence-electron chi connectivity index (χ0n) is 10.9. The number of hydrogen-bond donors (Lipinski definition) is 0. The van der Waals surface area contributed by atoms with Crippen LogP contribution in [0.5, 0.6) is 0 Å². The molecule has 0 N–H and O–H groups in total. The van der Waals surface area contributed by atoms with Gasteiger partial charge in [0.2, 0.25) is 0 Å². The van der Waals surface area contributed by atoms with Gasteiger partial charge in [0.1, 0.15) is 6.10 Å². The van der Waals surface area contributed by atoms with Crippen LogP contribution in [-0.2, 0) is 22.4 Å². The van der Waals surface area contributed by atoms with Gasteiger partial charge in [0.05, 0.1) is 26.4 Å². The third-order valence-corrected chi connectivity index (χ3v) is 3.95. The number of nitrogens with zero attached hydrogens (tertiary/aromatic N) is 4. The van der Waals surface area contributed by atoms with Crippen LogP contribution in [0.25, 0.3) is 0 Å². The van der Waals surface area contributed by atoms with E-state index in [2.05, 4.69) is 37.5 Å². The van der Waals surface area contributed by atoms with Gasteiger partial charge in [-0.3, -0.25) is 0 Å². The van der Waals surface area contributed by atoms with Gasteiger partial charge < -0.3 is 9.47 Å². The molecule has 1 aromatic heterocycles. The Morgan fingerprint density at radius 2 is 2.20 bits per heavy atom. The first kappa shape index (κ1) is 13.7. The molecule has 0 spiro atoms. The van der Waals surface area contributed by atoms with Gasteiger partial charge in [0, 0.05) is 10.9 Å². The van der Waals surface area contributed by atoms with E-state index in [4.69, 9.17) is 9.47 Å². The molecule has 0 aliphatic carbocycles. The maximum Gasteiger partial charge on any atom is 0.155 e. The molecule has 1 saturated heterocycles. The average molecular weight is 339 g/mol. The molecule has 0 radical (unpaired) electrons. The lowest BCUT2D eigenvalue weighted by Gasteiger charge is -2.22. The molecule has 0 bridgehead atoms. The van der Waals surface area contributed by atoms with Crippen molar-refractivity contribution in [1.82, 2.24) is 20.2 Å². The highest BCUT2D eigenvalue weighted by molar-refractivity contribution is 9.10. The fraction of sp³-hybridized carbons (Fsp3) is 0.462. The van der Waals surface area contributed by atoms with Crippen molar-refractivity contribution >= 4 is 15.9 Å². The van der Waals surface area contributed by atoms with E-state index >= 15 is 0 Å². The predicted octanol–water partition coefficient (Wildman–Crippen LogP) is 1.44. The first-order chi connectivity index (χ1) is 9.83. The largest absolute Gasteiger partial charge is 0.376 e. The zero-order valence-corrected chi connectivity index (χ0v) is 12.5. The van der Waals surface area contributed by atoms with Crippen LogP contribution in [0.4, 0.5) is 0 Å². The summed E-state index contributed by atoms with van der Waals surface area (Å²) in [5.74, 6) is 0.825. The first-order valence-electron chi connectivity index (χ1n) is 6.51. The van der Waals surface area contributed by atoms with Crippen LogP contribution in [0, 0.1) is 0 Å². The Kier molecular flexibility index (Phi) is 4.39. The monoisotopic (exact) mass is 338 g/mol. The van der Waals surface area contributed by atoms with E-state index in [-0.39, 0.29) is 6.10 Å². The molecule has 1 unspecified atom stereocenters. The fourth-order valence-corrected chi connectivity index (χ4v) is 2.56. The van der Waals surface area contributed by atoms with Gasteiger partial charge in [0.15, 0.2) is 5.82 Å².